The van der Waals surface area contributed by atoms with E-state index >= 15 is 0 Å². The van der Waals surface area contributed by atoms with Gasteiger partial charge in [0.2, 0.25) is 5.88 Å². The highest BCUT2D eigenvalue weighted by molar-refractivity contribution is 6.30. The first-order chi connectivity index (χ1) is 9.38. The van der Waals surface area contributed by atoms with Crippen LogP contribution in [0.1, 0.15) is 21.6 Å². The summed E-state index contributed by atoms with van der Waals surface area (Å²) in [7, 11) is 0. The summed E-state index contributed by atoms with van der Waals surface area (Å²) in [6, 6.07) is 6.53. The first-order valence-electron chi connectivity index (χ1n) is 5.89. The number of rotatable bonds is 3. The summed E-state index contributed by atoms with van der Waals surface area (Å²) < 4.78 is 5.71. The van der Waals surface area contributed by atoms with Crippen LogP contribution in [-0.2, 0) is 0 Å². The second kappa shape index (κ2) is 5.38. The third-order valence-electron chi connectivity index (χ3n) is 2.77. The molecule has 2 rings (SSSR count). The van der Waals surface area contributed by atoms with Gasteiger partial charge in [0.05, 0.1) is 5.69 Å². The van der Waals surface area contributed by atoms with E-state index in [1.54, 1.807) is 12.1 Å². The van der Waals surface area contributed by atoms with Crippen LogP contribution in [0.5, 0.6) is 11.6 Å². The highest BCUT2D eigenvalue weighted by Gasteiger charge is 2.12. The summed E-state index contributed by atoms with van der Waals surface area (Å²) in [6.45, 7) is 3.73. The van der Waals surface area contributed by atoms with Crippen molar-refractivity contribution in [1.29, 1.82) is 0 Å². The Morgan fingerprint density at radius 3 is 2.40 bits per heavy atom. The van der Waals surface area contributed by atoms with Gasteiger partial charge >= 0.3 is 0 Å². The van der Waals surface area contributed by atoms with Crippen LogP contribution in [0, 0.1) is 13.8 Å². The van der Waals surface area contributed by atoms with E-state index in [9.17, 15) is 4.79 Å². The third-order valence-corrected chi connectivity index (χ3v) is 2.98. The number of halogens is 1. The molecule has 0 saturated carbocycles. The molecule has 1 amide bonds. The quantitative estimate of drug-likeness (QED) is 0.909. The summed E-state index contributed by atoms with van der Waals surface area (Å²) in [5.74, 6) is 0.115. The maximum atomic E-state index is 11.1. The van der Waals surface area contributed by atoms with Gasteiger partial charge in [0, 0.05) is 5.02 Å². The minimum Gasteiger partial charge on any atom is -0.437 e. The van der Waals surface area contributed by atoms with Crippen LogP contribution in [0.3, 0.4) is 0 Å². The second-order valence-corrected chi connectivity index (χ2v) is 4.86. The molecule has 0 aliphatic rings. The predicted molar refractivity (Wildman–Crippen MR) is 78.2 cm³/mol. The van der Waals surface area contributed by atoms with E-state index in [1.807, 2.05) is 13.8 Å². The Morgan fingerprint density at radius 1 is 1.25 bits per heavy atom. The molecule has 0 bridgehead atoms. The Morgan fingerprint density at radius 2 is 1.85 bits per heavy atom. The van der Waals surface area contributed by atoms with E-state index in [0.717, 1.165) is 11.1 Å². The van der Waals surface area contributed by atoms with Crippen LogP contribution >= 0.6 is 11.6 Å². The summed E-state index contributed by atoms with van der Waals surface area (Å²) in [5.41, 5.74) is 13.1. The number of benzene rings is 1. The van der Waals surface area contributed by atoms with Crippen molar-refractivity contribution in [3.05, 3.63) is 46.1 Å². The topological polar surface area (TPSA) is 91.2 Å². The molecule has 0 saturated heterocycles. The molecule has 0 unspecified atom stereocenters. The molecule has 1 aromatic heterocycles. The Hall–Kier alpha value is -2.27. The highest BCUT2D eigenvalue weighted by Crippen LogP contribution is 2.32. The van der Waals surface area contributed by atoms with Crippen molar-refractivity contribution in [2.24, 2.45) is 5.73 Å². The van der Waals surface area contributed by atoms with Gasteiger partial charge in [-0.2, -0.15) is 0 Å². The van der Waals surface area contributed by atoms with Gasteiger partial charge in [-0.05, 0) is 49.2 Å². The second-order valence-electron chi connectivity index (χ2n) is 4.43. The van der Waals surface area contributed by atoms with Gasteiger partial charge in [0.15, 0.2) is 0 Å². The number of pyridine rings is 1. The Bertz CT molecular complexity index is 663. The molecular formula is C14H14ClN3O2. The lowest BCUT2D eigenvalue weighted by Crippen LogP contribution is -2.13. The number of primary amides is 1. The number of amides is 1. The fourth-order valence-corrected chi connectivity index (χ4v) is 2.15. The third kappa shape index (κ3) is 2.83. The lowest BCUT2D eigenvalue weighted by Gasteiger charge is -2.13. The Labute approximate surface area is 121 Å². The molecule has 0 aliphatic carbocycles. The van der Waals surface area contributed by atoms with E-state index in [-0.39, 0.29) is 11.6 Å². The van der Waals surface area contributed by atoms with Gasteiger partial charge < -0.3 is 16.2 Å². The smallest absolute Gasteiger partial charge is 0.267 e. The van der Waals surface area contributed by atoms with E-state index in [2.05, 4.69) is 4.98 Å². The summed E-state index contributed by atoms with van der Waals surface area (Å²) in [4.78, 5) is 15.2. The molecular weight excluding hydrogens is 278 g/mol. The molecule has 5 nitrogen and oxygen atoms in total. The van der Waals surface area contributed by atoms with Crippen molar-refractivity contribution in [1.82, 2.24) is 4.98 Å². The van der Waals surface area contributed by atoms with Gasteiger partial charge in [-0.25, -0.2) is 4.98 Å². The Kier molecular flexibility index (Phi) is 3.81. The molecule has 104 valence electrons. The first-order valence-corrected chi connectivity index (χ1v) is 6.27. The van der Waals surface area contributed by atoms with Crippen LogP contribution in [0.25, 0.3) is 0 Å². The van der Waals surface area contributed by atoms with Gasteiger partial charge in [-0.3, -0.25) is 4.79 Å². The van der Waals surface area contributed by atoms with Gasteiger partial charge in [0.1, 0.15) is 11.4 Å². The lowest BCUT2D eigenvalue weighted by atomic mass is 10.1. The predicted octanol–water partition coefficient (Wildman–Crippen LogP) is 2.83. The van der Waals surface area contributed by atoms with Crippen LogP contribution in [0.2, 0.25) is 5.02 Å². The van der Waals surface area contributed by atoms with Gasteiger partial charge in [0.25, 0.3) is 5.91 Å². The first kappa shape index (κ1) is 14.1. The highest BCUT2D eigenvalue weighted by atomic mass is 35.5. The molecule has 6 heteroatoms. The van der Waals surface area contributed by atoms with Crippen molar-refractivity contribution in [3.63, 3.8) is 0 Å². The van der Waals surface area contributed by atoms with Crippen molar-refractivity contribution < 1.29 is 9.53 Å². The number of anilines is 1. The largest absolute Gasteiger partial charge is 0.437 e. The fourth-order valence-electron chi connectivity index (χ4n) is 1.83. The lowest BCUT2D eigenvalue weighted by molar-refractivity contribution is 0.0995. The maximum absolute atomic E-state index is 11.1. The summed E-state index contributed by atoms with van der Waals surface area (Å²) in [6.07, 6.45) is 0. The zero-order chi connectivity index (χ0) is 14.9. The molecule has 0 radical (unpaired) electrons. The molecule has 1 aromatic carbocycles. The van der Waals surface area contributed by atoms with Gasteiger partial charge in [-0.15, -0.1) is 0 Å². The SMILES string of the molecule is Cc1cc(Cl)cc(C)c1Oc1nc(C(N)=O)ccc1N. The monoisotopic (exact) mass is 291 g/mol. The minimum absolute atomic E-state index is 0.0958. The molecule has 0 aliphatic heterocycles. The van der Waals surface area contributed by atoms with Crippen molar-refractivity contribution in [3.8, 4) is 11.6 Å². The number of aromatic nitrogens is 1. The van der Waals surface area contributed by atoms with E-state index in [1.165, 1.54) is 12.1 Å². The van der Waals surface area contributed by atoms with Gasteiger partial charge in [-0.1, -0.05) is 11.6 Å². The zero-order valence-electron chi connectivity index (χ0n) is 11.1. The number of hydrogen-bond donors (Lipinski definition) is 2. The molecule has 20 heavy (non-hydrogen) atoms. The van der Waals surface area contributed by atoms with Crippen molar-refractivity contribution >= 4 is 23.2 Å². The number of carbonyl (C=O) groups excluding carboxylic acids is 1. The number of aryl methyl sites for hydroxylation is 2. The summed E-state index contributed by atoms with van der Waals surface area (Å²) in [5, 5.41) is 0.624. The number of ether oxygens (including phenoxy) is 1. The zero-order valence-corrected chi connectivity index (χ0v) is 11.9. The normalized spacial score (nSPS) is 10.3. The number of carbonyl (C=O) groups is 1. The van der Waals surface area contributed by atoms with E-state index in [4.69, 9.17) is 27.8 Å². The molecule has 0 fully saturated rings. The molecule has 0 spiro atoms. The molecule has 4 N–H and O–H groups in total. The average molecular weight is 292 g/mol. The standard InChI is InChI=1S/C14H14ClN3O2/c1-7-5-9(15)6-8(2)12(7)20-14-10(16)3-4-11(18-14)13(17)19/h3-6H,16H2,1-2H3,(H2,17,19). The summed E-state index contributed by atoms with van der Waals surface area (Å²) >= 11 is 5.97. The van der Waals surface area contributed by atoms with E-state index in [0.29, 0.717) is 16.5 Å². The van der Waals surface area contributed by atoms with Crippen molar-refractivity contribution in [2.75, 3.05) is 5.73 Å². The number of nitrogens with two attached hydrogens (primary N) is 2. The molecule has 1 heterocycles. The van der Waals surface area contributed by atoms with E-state index < -0.39 is 5.91 Å². The number of nitrogen functional groups attached to an aromatic ring is 1. The van der Waals surface area contributed by atoms with Crippen LogP contribution in [-0.4, -0.2) is 10.9 Å². The average Bonchev–Trinajstić information content (AvgIpc) is 2.35. The molecule has 2 aromatic rings. The number of hydrogen-bond acceptors (Lipinski definition) is 4. The van der Waals surface area contributed by atoms with Crippen LogP contribution in [0.15, 0.2) is 24.3 Å². The Balaban J connectivity index is 2.45. The fraction of sp³-hybridized carbons (Fsp3) is 0.143. The van der Waals surface area contributed by atoms with Crippen LogP contribution in [0.4, 0.5) is 5.69 Å². The van der Waals surface area contributed by atoms with Crippen LogP contribution < -0.4 is 16.2 Å². The number of nitrogens with zero attached hydrogens (tertiary/aromatic N) is 1. The maximum Gasteiger partial charge on any atom is 0.267 e. The minimum atomic E-state index is -0.639. The molecule has 0 atom stereocenters. The van der Waals surface area contributed by atoms with Crippen molar-refractivity contribution in [2.45, 2.75) is 13.8 Å².